The summed E-state index contributed by atoms with van der Waals surface area (Å²) in [6.45, 7) is 4.18. The molecule has 1 aliphatic heterocycles. The van der Waals surface area contributed by atoms with Crippen molar-refractivity contribution in [3.8, 4) is 5.75 Å². The van der Waals surface area contributed by atoms with Gasteiger partial charge in [0.15, 0.2) is 10.9 Å². The molecule has 0 amide bonds. The van der Waals surface area contributed by atoms with E-state index >= 15 is 0 Å². The molecule has 0 spiro atoms. The molecule has 0 unspecified atom stereocenters. The lowest BCUT2D eigenvalue weighted by molar-refractivity contribution is -0.118. The number of Topliss-reactive ketones (excluding diaryl/α,β-unsaturated/α-hetero) is 1. The minimum absolute atomic E-state index is 0.0617. The maximum Gasteiger partial charge on any atom is 0.257 e. The standard InChI is InChI=1S/C26H26N4O3S/c1-26(2)11-18-21(19(31)12-26)20(16-7-4-8-17(10-16)33-3)22-23(28-18)29-25(30-24(22)32)34-14-15-6-5-9-27-13-15/h4-10,13,20H,11-12,14H2,1-3H3,(H2,28,29,30,32)/t20-/m0/s1. The summed E-state index contributed by atoms with van der Waals surface area (Å²) in [6, 6.07) is 11.4. The number of ether oxygens (including phenoxy) is 1. The number of hydrogen-bond acceptors (Lipinski definition) is 7. The number of allylic oxidation sites excluding steroid dienone is 2. The van der Waals surface area contributed by atoms with Crippen LogP contribution in [-0.4, -0.2) is 27.8 Å². The number of anilines is 1. The number of thioether (sulfide) groups is 1. The molecule has 1 aromatic carbocycles. The Morgan fingerprint density at radius 3 is 2.79 bits per heavy atom. The van der Waals surface area contributed by atoms with Gasteiger partial charge in [-0.1, -0.05) is 43.8 Å². The van der Waals surface area contributed by atoms with Crippen molar-refractivity contribution in [2.24, 2.45) is 5.41 Å². The number of carbonyl (C=O) groups is 1. The Balaban J connectivity index is 1.60. The molecule has 5 rings (SSSR count). The van der Waals surface area contributed by atoms with Crippen LogP contribution in [0.25, 0.3) is 0 Å². The molecule has 0 saturated carbocycles. The fourth-order valence-electron chi connectivity index (χ4n) is 4.75. The predicted octanol–water partition coefficient (Wildman–Crippen LogP) is 4.67. The molecule has 0 saturated heterocycles. The maximum atomic E-state index is 13.4. The third-order valence-electron chi connectivity index (χ3n) is 6.23. The first-order chi connectivity index (χ1) is 16.3. The number of aromatic nitrogens is 3. The van der Waals surface area contributed by atoms with Gasteiger partial charge in [-0.2, -0.15) is 0 Å². The van der Waals surface area contributed by atoms with Crippen LogP contribution >= 0.6 is 11.8 Å². The van der Waals surface area contributed by atoms with Crippen molar-refractivity contribution in [3.63, 3.8) is 0 Å². The molecule has 0 radical (unpaired) electrons. The Morgan fingerprint density at radius 2 is 2.03 bits per heavy atom. The van der Waals surface area contributed by atoms with Crippen LogP contribution in [0.3, 0.4) is 0 Å². The van der Waals surface area contributed by atoms with Gasteiger partial charge in [-0.05, 0) is 41.2 Å². The number of fused-ring (bicyclic) bond motifs is 1. The number of benzene rings is 1. The molecule has 2 aromatic heterocycles. The summed E-state index contributed by atoms with van der Waals surface area (Å²) in [5, 5.41) is 3.89. The number of carbonyl (C=O) groups excluding carboxylic acids is 1. The minimum atomic E-state index is -0.501. The molecule has 2 N–H and O–H groups in total. The van der Waals surface area contributed by atoms with E-state index in [0.717, 1.165) is 16.8 Å². The molecule has 3 aromatic rings. The largest absolute Gasteiger partial charge is 0.497 e. The van der Waals surface area contributed by atoms with Crippen LogP contribution in [0.1, 0.15) is 49.3 Å². The van der Waals surface area contributed by atoms with Gasteiger partial charge < -0.3 is 15.0 Å². The first-order valence-corrected chi connectivity index (χ1v) is 12.2. The molecule has 0 fully saturated rings. The highest BCUT2D eigenvalue weighted by molar-refractivity contribution is 7.98. The molecule has 7 nitrogen and oxygen atoms in total. The van der Waals surface area contributed by atoms with Crippen molar-refractivity contribution in [2.75, 3.05) is 12.4 Å². The Hall–Kier alpha value is -3.39. The van der Waals surface area contributed by atoms with E-state index in [1.807, 2.05) is 36.4 Å². The molecule has 34 heavy (non-hydrogen) atoms. The Labute approximate surface area is 202 Å². The van der Waals surface area contributed by atoms with Crippen molar-refractivity contribution >= 4 is 23.4 Å². The highest BCUT2D eigenvalue weighted by Gasteiger charge is 2.42. The molecule has 0 bridgehead atoms. The van der Waals surface area contributed by atoms with E-state index in [4.69, 9.17) is 9.72 Å². The second-order valence-corrected chi connectivity index (χ2v) is 10.4. The molecular weight excluding hydrogens is 448 g/mol. The SMILES string of the molecule is COc1cccc([C@H]2C3=C(CC(C)(C)CC3=O)Nc3nc(SCc4cccnc4)[nH]c(=O)c32)c1. The second-order valence-electron chi connectivity index (χ2n) is 9.45. The number of ketones is 1. The molecule has 3 heterocycles. The van der Waals surface area contributed by atoms with Crippen LogP contribution in [0.2, 0.25) is 0 Å². The van der Waals surface area contributed by atoms with Crippen molar-refractivity contribution in [1.82, 2.24) is 15.0 Å². The smallest absolute Gasteiger partial charge is 0.257 e. The lowest BCUT2D eigenvalue weighted by Gasteiger charge is -2.38. The molecule has 174 valence electrons. The lowest BCUT2D eigenvalue weighted by Crippen LogP contribution is -2.37. The van der Waals surface area contributed by atoms with Crippen LogP contribution in [0, 0.1) is 5.41 Å². The quantitative estimate of drug-likeness (QED) is 0.410. The molecule has 2 aliphatic rings. The van der Waals surface area contributed by atoms with E-state index in [0.29, 0.717) is 46.5 Å². The number of hydrogen-bond donors (Lipinski definition) is 2. The Morgan fingerprint density at radius 1 is 1.18 bits per heavy atom. The Kier molecular flexibility index (Phi) is 5.77. The number of aromatic amines is 1. The van der Waals surface area contributed by atoms with Gasteiger partial charge in [0.05, 0.1) is 12.7 Å². The van der Waals surface area contributed by atoms with Gasteiger partial charge >= 0.3 is 0 Å². The second kappa shape index (κ2) is 8.76. The topological polar surface area (TPSA) is 97.0 Å². The number of rotatable bonds is 5. The zero-order chi connectivity index (χ0) is 23.9. The maximum absolute atomic E-state index is 13.4. The third-order valence-corrected chi connectivity index (χ3v) is 7.17. The average Bonchev–Trinajstić information content (AvgIpc) is 2.81. The number of pyridine rings is 1. The third kappa shape index (κ3) is 4.25. The van der Waals surface area contributed by atoms with Gasteiger partial charge in [0.1, 0.15) is 11.6 Å². The predicted molar refractivity (Wildman–Crippen MR) is 132 cm³/mol. The monoisotopic (exact) mass is 474 g/mol. The van der Waals surface area contributed by atoms with E-state index in [1.165, 1.54) is 11.8 Å². The molecule has 8 heteroatoms. The van der Waals surface area contributed by atoms with E-state index in [2.05, 4.69) is 29.1 Å². The number of methoxy groups -OCH3 is 1. The van der Waals surface area contributed by atoms with Gasteiger partial charge in [0.25, 0.3) is 5.56 Å². The average molecular weight is 475 g/mol. The normalized spacial score (nSPS) is 18.7. The van der Waals surface area contributed by atoms with Crippen LogP contribution in [0.5, 0.6) is 5.75 Å². The van der Waals surface area contributed by atoms with Crippen LogP contribution in [-0.2, 0) is 10.5 Å². The fraction of sp³-hybridized carbons (Fsp3) is 0.308. The zero-order valence-corrected chi connectivity index (χ0v) is 20.2. The highest BCUT2D eigenvalue weighted by Crippen LogP contribution is 2.48. The van der Waals surface area contributed by atoms with Gasteiger partial charge in [-0.3, -0.25) is 14.6 Å². The van der Waals surface area contributed by atoms with Gasteiger partial charge in [0.2, 0.25) is 0 Å². The zero-order valence-electron chi connectivity index (χ0n) is 19.3. The summed E-state index contributed by atoms with van der Waals surface area (Å²) in [6.07, 6.45) is 4.68. The fourth-order valence-corrected chi connectivity index (χ4v) is 5.55. The Bertz CT molecular complexity index is 1350. The summed E-state index contributed by atoms with van der Waals surface area (Å²) in [5.74, 6) is 1.38. The van der Waals surface area contributed by atoms with E-state index in [1.54, 1.807) is 19.5 Å². The van der Waals surface area contributed by atoms with Crippen LogP contribution < -0.4 is 15.6 Å². The molecule has 1 aliphatic carbocycles. The summed E-state index contributed by atoms with van der Waals surface area (Å²) in [7, 11) is 1.61. The summed E-state index contributed by atoms with van der Waals surface area (Å²) in [4.78, 5) is 38.6. The van der Waals surface area contributed by atoms with Gasteiger partial charge in [-0.15, -0.1) is 0 Å². The molecular formula is C26H26N4O3S. The summed E-state index contributed by atoms with van der Waals surface area (Å²) >= 11 is 1.44. The highest BCUT2D eigenvalue weighted by atomic mass is 32.2. The van der Waals surface area contributed by atoms with Crippen molar-refractivity contribution in [1.29, 1.82) is 0 Å². The molecule has 1 atom stereocenters. The van der Waals surface area contributed by atoms with Crippen LogP contribution in [0.4, 0.5) is 5.82 Å². The number of nitrogens with zero attached hydrogens (tertiary/aromatic N) is 2. The minimum Gasteiger partial charge on any atom is -0.497 e. The van der Waals surface area contributed by atoms with Crippen molar-refractivity contribution in [3.05, 3.63) is 87.1 Å². The summed E-state index contributed by atoms with van der Waals surface area (Å²) < 4.78 is 5.43. The number of nitrogens with one attached hydrogen (secondary N) is 2. The van der Waals surface area contributed by atoms with E-state index in [-0.39, 0.29) is 16.8 Å². The van der Waals surface area contributed by atoms with Gasteiger partial charge in [0, 0.05) is 41.8 Å². The van der Waals surface area contributed by atoms with E-state index < -0.39 is 5.92 Å². The first-order valence-electron chi connectivity index (χ1n) is 11.2. The number of H-pyrrole nitrogens is 1. The summed E-state index contributed by atoms with van der Waals surface area (Å²) in [5.41, 5.74) is 3.43. The van der Waals surface area contributed by atoms with E-state index in [9.17, 15) is 9.59 Å². The van der Waals surface area contributed by atoms with Crippen molar-refractivity contribution in [2.45, 2.75) is 43.5 Å². The van der Waals surface area contributed by atoms with Gasteiger partial charge in [-0.25, -0.2) is 4.98 Å². The van der Waals surface area contributed by atoms with Crippen LogP contribution in [0.15, 0.2) is 70.0 Å². The lowest BCUT2D eigenvalue weighted by atomic mass is 9.69. The van der Waals surface area contributed by atoms with Crippen molar-refractivity contribution < 1.29 is 9.53 Å². The first kappa shape index (κ1) is 22.4.